The third-order valence-electron chi connectivity index (χ3n) is 4.38. The van der Waals surface area contributed by atoms with Crippen LogP contribution < -0.4 is 10.0 Å². The lowest BCUT2D eigenvalue weighted by atomic mass is 10.2. The van der Waals surface area contributed by atoms with E-state index in [4.69, 9.17) is 0 Å². The first-order chi connectivity index (χ1) is 14.3. The number of nitrogens with zero attached hydrogens (tertiary/aromatic N) is 1. The van der Waals surface area contributed by atoms with Crippen molar-refractivity contribution in [2.24, 2.45) is 0 Å². The third kappa shape index (κ3) is 4.03. The summed E-state index contributed by atoms with van der Waals surface area (Å²) in [6, 6.07) is 16.4. The van der Waals surface area contributed by atoms with Gasteiger partial charge in [-0.1, -0.05) is 35.6 Å². The summed E-state index contributed by atoms with van der Waals surface area (Å²) in [5, 5.41) is 3.15. The van der Waals surface area contributed by atoms with Gasteiger partial charge < -0.3 is 0 Å². The molecule has 0 unspecified atom stereocenters. The Hall–Kier alpha value is -3.30. The first-order valence-corrected chi connectivity index (χ1v) is 11.2. The molecule has 9 heteroatoms. The SMILES string of the molecule is Cc1cccc2sc(NC(=O)c3ccccc3NS(=O)(=O)c3ccc(F)cc3)nc12. The van der Waals surface area contributed by atoms with E-state index in [0.29, 0.717) is 5.13 Å². The molecule has 0 fully saturated rings. The van der Waals surface area contributed by atoms with Crippen molar-refractivity contribution in [1.29, 1.82) is 0 Å². The van der Waals surface area contributed by atoms with E-state index < -0.39 is 21.7 Å². The molecule has 4 rings (SSSR count). The van der Waals surface area contributed by atoms with Crippen molar-refractivity contribution in [2.75, 3.05) is 10.0 Å². The minimum absolute atomic E-state index is 0.108. The Morgan fingerprint density at radius 2 is 1.73 bits per heavy atom. The van der Waals surface area contributed by atoms with Gasteiger partial charge in [0.1, 0.15) is 5.82 Å². The van der Waals surface area contributed by atoms with E-state index in [2.05, 4.69) is 15.0 Å². The summed E-state index contributed by atoms with van der Waals surface area (Å²) in [5.41, 5.74) is 2.05. The van der Waals surface area contributed by atoms with Gasteiger partial charge in [0, 0.05) is 0 Å². The second kappa shape index (κ2) is 7.85. The lowest BCUT2D eigenvalue weighted by molar-refractivity contribution is 0.102. The lowest BCUT2D eigenvalue weighted by Crippen LogP contribution is -2.18. The number of hydrogen-bond acceptors (Lipinski definition) is 5. The molecule has 0 saturated heterocycles. The minimum Gasteiger partial charge on any atom is -0.298 e. The van der Waals surface area contributed by atoms with Crippen LogP contribution in [0.15, 0.2) is 71.6 Å². The molecule has 0 aliphatic heterocycles. The van der Waals surface area contributed by atoms with E-state index in [1.165, 1.54) is 23.5 Å². The van der Waals surface area contributed by atoms with E-state index in [0.717, 1.165) is 40.0 Å². The van der Waals surface area contributed by atoms with Crippen LogP contribution in [-0.4, -0.2) is 19.3 Å². The number of aromatic nitrogens is 1. The molecule has 0 radical (unpaired) electrons. The summed E-state index contributed by atoms with van der Waals surface area (Å²) in [5.74, 6) is -1.04. The molecule has 0 aliphatic rings. The Morgan fingerprint density at radius 3 is 2.47 bits per heavy atom. The molecule has 152 valence electrons. The predicted octanol–water partition coefficient (Wildman–Crippen LogP) is 4.80. The molecule has 0 atom stereocenters. The van der Waals surface area contributed by atoms with Gasteiger partial charge in [-0.2, -0.15) is 0 Å². The monoisotopic (exact) mass is 441 g/mol. The number of benzene rings is 3. The van der Waals surface area contributed by atoms with Gasteiger partial charge in [0.2, 0.25) is 0 Å². The molecule has 30 heavy (non-hydrogen) atoms. The fourth-order valence-electron chi connectivity index (χ4n) is 2.89. The minimum atomic E-state index is -3.99. The van der Waals surface area contributed by atoms with Crippen LogP contribution in [0.3, 0.4) is 0 Å². The zero-order valence-electron chi connectivity index (χ0n) is 15.7. The van der Waals surface area contributed by atoms with Crippen molar-refractivity contribution in [3.05, 3.63) is 83.7 Å². The zero-order chi connectivity index (χ0) is 21.3. The number of para-hydroxylation sites is 2. The van der Waals surface area contributed by atoms with Crippen LogP contribution in [-0.2, 0) is 10.0 Å². The number of sulfonamides is 1. The molecular weight excluding hydrogens is 425 g/mol. The summed E-state index contributed by atoms with van der Waals surface area (Å²) in [7, 11) is -3.99. The Kier molecular flexibility index (Phi) is 5.23. The highest BCUT2D eigenvalue weighted by atomic mass is 32.2. The van der Waals surface area contributed by atoms with E-state index in [9.17, 15) is 17.6 Å². The van der Waals surface area contributed by atoms with Crippen molar-refractivity contribution < 1.29 is 17.6 Å². The highest BCUT2D eigenvalue weighted by Crippen LogP contribution is 2.29. The molecule has 2 N–H and O–H groups in total. The maximum Gasteiger partial charge on any atom is 0.261 e. The van der Waals surface area contributed by atoms with Gasteiger partial charge >= 0.3 is 0 Å². The Morgan fingerprint density at radius 1 is 1.00 bits per heavy atom. The van der Waals surface area contributed by atoms with Gasteiger partial charge in [-0.15, -0.1) is 0 Å². The zero-order valence-corrected chi connectivity index (χ0v) is 17.4. The van der Waals surface area contributed by atoms with Crippen LogP contribution in [0.2, 0.25) is 0 Å². The molecule has 1 heterocycles. The second-order valence-corrected chi connectivity index (χ2v) is 9.21. The molecule has 3 aromatic carbocycles. The second-order valence-electron chi connectivity index (χ2n) is 6.50. The van der Waals surface area contributed by atoms with Gasteiger partial charge in [0.15, 0.2) is 5.13 Å². The van der Waals surface area contributed by atoms with E-state index in [1.54, 1.807) is 12.1 Å². The number of halogens is 1. The summed E-state index contributed by atoms with van der Waals surface area (Å²) >= 11 is 1.33. The van der Waals surface area contributed by atoms with E-state index in [1.807, 2.05) is 25.1 Å². The first kappa shape index (κ1) is 20.0. The molecule has 1 aromatic heterocycles. The molecule has 4 aromatic rings. The number of rotatable bonds is 5. The van der Waals surface area contributed by atoms with Crippen molar-refractivity contribution in [1.82, 2.24) is 4.98 Å². The highest BCUT2D eigenvalue weighted by molar-refractivity contribution is 7.92. The smallest absolute Gasteiger partial charge is 0.261 e. The highest BCUT2D eigenvalue weighted by Gasteiger charge is 2.19. The third-order valence-corrected chi connectivity index (χ3v) is 6.70. The first-order valence-electron chi connectivity index (χ1n) is 8.88. The van der Waals surface area contributed by atoms with Crippen molar-refractivity contribution in [2.45, 2.75) is 11.8 Å². The number of anilines is 2. The molecule has 6 nitrogen and oxygen atoms in total. The number of fused-ring (bicyclic) bond motifs is 1. The van der Waals surface area contributed by atoms with Crippen LogP contribution in [0, 0.1) is 12.7 Å². The van der Waals surface area contributed by atoms with Crippen molar-refractivity contribution >= 4 is 48.3 Å². The largest absolute Gasteiger partial charge is 0.298 e. The fourth-order valence-corrected chi connectivity index (χ4v) is 4.91. The number of carbonyl (C=O) groups excluding carboxylic acids is 1. The Balaban J connectivity index is 1.61. The molecule has 0 spiro atoms. The van der Waals surface area contributed by atoms with Gasteiger partial charge in [-0.05, 0) is 55.0 Å². The fraction of sp³-hybridized carbons (Fsp3) is 0.0476. The van der Waals surface area contributed by atoms with Gasteiger partial charge in [-0.3, -0.25) is 14.8 Å². The summed E-state index contributed by atoms with van der Waals surface area (Å²) < 4.78 is 41.7. The number of aryl methyl sites for hydroxylation is 1. The quantitative estimate of drug-likeness (QED) is 0.466. The molecule has 0 saturated carbocycles. The van der Waals surface area contributed by atoms with Gasteiger partial charge in [-0.25, -0.2) is 17.8 Å². The topological polar surface area (TPSA) is 88.2 Å². The molecule has 1 amide bonds. The average Bonchev–Trinajstić information content (AvgIpc) is 3.12. The maximum atomic E-state index is 13.1. The molecular formula is C21H16FN3O3S2. The van der Waals surface area contributed by atoms with Crippen LogP contribution in [0.4, 0.5) is 15.2 Å². The maximum absolute atomic E-state index is 13.1. The van der Waals surface area contributed by atoms with Crippen LogP contribution in [0.25, 0.3) is 10.2 Å². The number of thiazole rings is 1. The Bertz CT molecular complexity index is 1350. The van der Waals surface area contributed by atoms with Crippen molar-refractivity contribution in [3.8, 4) is 0 Å². The summed E-state index contributed by atoms with van der Waals surface area (Å²) in [6.07, 6.45) is 0. The van der Waals surface area contributed by atoms with Crippen LogP contribution in [0.1, 0.15) is 15.9 Å². The molecule has 0 aliphatic carbocycles. The molecule has 0 bridgehead atoms. The number of carbonyl (C=O) groups is 1. The van der Waals surface area contributed by atoms with Gasteiger partial charge in [0.05, 0.1) is 26.4 Å². The standard InChI is InChI=1S/C21H16FN3O3S2/c1-13-5-4-8-18-19(13)23-21(29-18)24-20(26)16-6-2-3-7-17(16)25-30(27,28)15-11-9-14(22)10-12-15/h2-12,25H,1H3,(H,23,24,26). The van der Waals surface area contributed by atoms with Crippen molar-refractivity contribution in [3.63, 3.8) is 0 Å². The summed E-state index contributed by atoms with van der Waals surface area (Å²) in [6.45, 7) is 1.94. The average molecular weight is 442 g/mol. The normalized spacial score (nSPS) is 11.4. The van der Waals surface area contributed by atoms with E-state index in [-0.39, 0.29) is 16.1 Å². The lowest BCUT2D eigenvalue weighted by Gasteiger charge is -2.12. The predicted molar refractivity (Wildman–Crippen MR) is 116 cm³/mol. The summed E-state index contributed by atoms with van der Waals surface area (Å²) in [4.78, 5) is 17.2. The van der Waals surface area contributed by atoms with Gasteiger partial charge in [0.25, 0.3) is 15.9 Å². The van der Waals surface area contributed by atoms with E-state index >= 15 is 0 Å². The van der Waals surface area contributed by atoms with Crippen LogP contribution >= 0.6 is 11.3 Å². The van der Waals surface area contributed by atoms with Crippen LogP contribution in [0.5, 0.6) is 0 Å². The number of amides is 1. The number of hydrogen-bond donors (Lipinski definition) is 2. The Labute approximate surface area is 176 Å². The number of nitrogens with one attached hydrogen (secondary N) is 2.